The van der Waals surface area contributed by atoms with Gasteiger partial charge in [-0.1, -0.05) is 12.1 Å². The topological polar surface area (TPSA) is 72.2 Å². The summed E-state index contributed by atoms with van der Waals surface area (Å²) >= 11 is 0. The Labute approximate surface area is 86.6 Å². The number of nitrogens with zero attached hydrogens (tertiary/aromatic N) is 1. The number of nitrogens with one attached hydrogen (secondary N) is 1. The number of nitro groups is 1. The van der Waals surface area contributed by atoms with Crippen LogP contribution in [0.3, 0.4) is 0 Å². The molecule has 0 spiro atoms. The first-order chi connectivity index (χ1) is 7.13. The number of hydrogen-bond acceptors (Lipinski definition) is 3. The SMILES string of the molecule is CNC(=O)C=Cc1cccc([N+](=O)[O-])c1. The van der Waals surface area contributed by atoms with Crippen LogP contribution >= 0.6 is 0 Å². The highest BCUT2D eigenvalue weighted by Crippen LogP contribution is 2.13. The summed E-state index contributed by atoms with van der Waals surface area (Å²) in [4.78, 5) is 20.8. The third kappa shape index (κ3) is 3.22. The molecule has 0 bridgehead atoms. The fourth-order valence-corrected chi connectivity index (χ4v) is 0.997. The van der Waals surface area contributed by atoms with Crippen molar-refractivity contribution < 1.29 is 9.72 Å². The molecule has 1 aromatic rings. The summed E-state index contributed by atoms with van der Waals surface area (Å²) < 4.78 is 0. The minimum atomic E-state index is -0.475. The Hall–Kier alpha value is -2.17. The molecule has 1 amide bonds. The van der Waals surface area contributed by atoms with Crippen molar-refractivity contribution >= 4 is 17.7 Å². The van der Waals surface area contributed by atoms with Crippen LogP contribution in [-0.4, -0.2) is 17.9 Å². The molecule has 0 fully saturated rings. The molecule has 1 N–H and O–H groups in total. The molecule has 5 nitrogen and oxygen atoms in total. The number of carbonyl (C=O) groups is 1. The number of hydrogen-bond donors (Lipinski definition) is 1. The molecule has 0 atom stereocenters. The molecule has 0 aliphatic carbocycles. The number of amides is 1. The van der Waals surface area contributed by atoms with E-state index in [0.717, 1.165) is 0 Å². The highest BCUT2D eigenvalue weighted by atomic mass is 16.6. The lowest BCUT2D eigenvalue weighted by atomic mass is 10.2. The molecule has 15 heavy (non-hydrogen) atoms. The third-order valence-corrected chi connectivity index (χ3v) is 1.75. The maximum atomic E-state index is 10.9. The van der Waals surface area contributed by atoms with Crippen molar-refractivity contribution in [1.29, 1.82) is 0 Å². The molecule has 0 heterocycles. The van der Waals surface area contributed by atoms with Crippen LogP contribution in [0.1, 0.15) is 5.56 Å². The molecule has 0 saturated carbocycles. The smallest absolute Gasteiger partial charge is 0.270 e. The number of rotatable bonds is 3. The fraction of sp³-hybridized carbons (Fsp3) is 0.100. The Kier molecular flexibility index (Phi) is 3.56. The van der Waals surface area contributed by atoms with E-state index < -0.39 is 4.92 Å². The van der Waals surface area contributed by atoms with E-state index in [1.807, 2.05) is 0 Å². The largest absolute Gasteiger partial charge is 0.356 e. The van der Waals surface area contributed by atoms with E-state index in [1.54, 1.807) is 12.1 Å². The molecule has 0 aliphatic heterocycles. The Morgan fingerprint density at radius 3 is 2.87 bits per heavy atom. The van der Waals surface area contributed by atoms with Crippen molar-refractivity contribution in [3.63, 3.8) is 0 Å². The van der Waals surface area contributed by atoms with E-state index in [-0.39, 0.29) is 11.6 Å². The van der Waals surface area contributed by atoms with Crippen LogP contribution < -0.4 is 5.32 Å². The average molecular weight is 206 g/mol. The van der Waals surface area contributed by atoms with Gasteiger partial charge in [0.2, 0.25) is 5.91 Å². The van der Waals surface area contributed by atoms with E-state index in [9.17, 15) is 14.9 Å². The van der Waals surface area contributed by atoms with Crippen molar-refractivity contribution in [3.05, 3.63) is 46.0 Å². The number of benzene rings is 1. The van der Waals surface area contributed by atoms with E-state index in [2.05, 4.69) is 5.32 Å². The lowest BCUT2D eigenvalue weighted by Crippen LogP contribution is -2.13. The zero-order valence-electron chi connectivity index (χ0n) is 8.14. The molecule has 0 aromatic heterocycles. The first-order valence-corrected chi connectivity index (χ1v) is 4.27. The van der Waals surface area contributed by atoms with Crippen molar-refractivity contribution in [2.75, 3.05) is 7.05 Å². The van der Waals surface area contributed by atoms with Crippen LogP contribution in [0.5, 0.6) is 0 Å². The Morgan fingerprint density at radius 1 is 1.53 bits per heavy atom. The quantitative estimate of drug-likeness (QED) is 0.461. The van der Waals surface area contributed by atoms with Crippen molar-refractivity contribution in [1.82, 2.24) is 5.32 Å². The van der Waals surface area contributed by atoms with Crippen molar-refractivity contribution in [3.8, 4) is 0 Å². The Balaban J connectivity index is 2.87. The van der Waals surface area contributed by atoms with Gasteiger partial charge < -0.3 is 5.32 Å². The van der Waals surface area contributed by atoms with Crippen LogP contribution in [0.15, 0.2) is 30.3 Å². The monoisotopic (exact) mass is 206 g/mol. The highest BCUT2D eigenvalue weighted by Gasteiger charge is 2.03. The van der Waals surface area contributed by atoms with Gasteiger partial charge in [-0.25, -0.2) is 0 Å². The van der Waals surface area contributed by atoms with Crippen LogP contribution in [0.2, 0.25) is 0 Å². The van der Waals surface area contributed by atoms with E-state index >= 15 is 0 Å². The molecule has 0 aliphatic rings. The molecule has 0 radical (unpaired) electrons. The van der Waals surface area contributed by atoms with E-state index in [4.69, 9.17) is 0 Å². The Morgan fingerprint density at radius 2 is 2.27 bits per heavy atom. The van der Waals surface area contributed by atoms with Crippen molar-refractivity contribution in [2.24, 2.45) is 0 Å². The fourth-order valence-electron chi connectivity index (χ4n) is 0.997. The first-order valence-electron chi connectivity index (χ1n) is 4.27. The lowest BCUT2D eigenvalue weighted by Gasteiger charge is -1.94. The molecule has 5 heteroatoms. The normalized spacial score (nSPS) is 10.2. The van der Waals surface area contributed by atoms with Gasteiger partial charge >= 0.3 is 0 Å². The molecular formula is C10H10N2O3. The molecule has 1 rings (SSSR count). The zero-order chi connectivity index (χ0) is 11.3. The van der Waals surface area contributed by atoms with Gasteiger partial charge in [-0.05, 0) is 11.6 Å². The number of likely N-dealkylation sites (N-methyl/N-ethyl adjacent to an activating group) is 1. The predicted molar refractivity (Wildman–Crippen MR) is 56.2 cm³/mol. The van der Waals surface area contributed by atoms with Crippen molar-refractivity contribution in [2.45, 2.75) is 0 Å². The summed E-state index contributed by atoms with van der Waals surface area (Å²) in [5.74, 6) is -0.249. The molecule has 78 valence electrons. The second-order valence-corrected chi connectivity index (χ2v) is 2.80. The van der Waals surface area contributed by atoms with E-state index in [0.29, 0.717) is 5.56 Å². The van der Waals surface area contributed by atoms with Crippen LogP contribution in [-0.2, 0) is 4.79 Å². The van der Waals surface area contributed by atoms with Gasteiger partial charge in [0.25, 0.3) is 5.69 Å². The van der Waals surface area contributed by atoms with Gasteiger partial charge in [-0.15, -0.1) is 0 Å². The summed E-state index contributed by atoms with van der Waals surface area (Å²) in [7, 11) is 1.51. The highest BCUT2D eigenvalue weighted by molar-refractivity contribution is 5.91. The van der Waals surface area contributed by atoms with Crippen LogP contribution in [0, 0.1) is 10.1 Å². The van der Waals surface area contributed by atoms with Crippen LogP contribution in [0.25, 0.3) is 6.08 Å². The second-order valence-electron chi connectivity index (χ2n) is 2.80. The average Bonchev–Trinajstić information content (AvgIpc) is 2.26. The minimum absolute atomic E-state index is 0.00839. The number of non-ortho nitro benzene ring substituents is 1. The van der Waals surface area contributed by atoms with Gasteiger partial charge in [-0.2, -0.15) is 0 Å². The summed E-state index contributed by atoms with van der Waals surface area (Å²) in [5, 5.41) is 12.9. The predicted octanol–water partition coefficient (Wildman–Crippen LogP) is 1.35. The summed E-state index contributed by atoms with van der Waals surface area (Å²) in [6, 6.07) is 6.06. The lowest BCUT2D eigenvalue weighted by molar-refractivity contribution is -0.384. The zero-order valence-corrected chi connectivity index (χ0v) is 8.14. The molecule has 0 unspecified atom stereocenters. The summed E-state index contributed by atoms with van der Waals surface area (Å²) in [5.41, 5.74) is 0.627. The summed E-state index contributed by atoms with van der Waals surface area (Å²) in [6.45, 7) is 0. The van der Waals surface area contributed by atoms with Gasteiger partial charge in [0, 0.05) is 25.3 Å². The van der Waals surface area contributed by atoms with Gasteiger partial charge in [0.1, 0.15) is 0 Å². The third-order valence-electron chi connectivity index (χ3n) is 1.75. The van der Waals surface area contributed by atoms with E-state index in [1.165, 1.54) is 31.3 Å². The standard InChI is InChI=1S/C10H10N2O3/c1-11-10(13)6-5-8-3-2-4-9(7-8)12(14)15/h2-7H,1H3,(H,11,13). The molecule has 0 saturated heterocycles. The van der Waals surface area contributed by atoms with Gasteiger partial charge in [0.15, 0.2) is 0 Å². The number of nitro benzene ring substituents is 1. The van der Waals surface area contributed by atoms with Gasteiger partial charge in [0.05, 0.1) is 4.92 Å². The Bertz CT molecular complexity index is 413. The first kappa shape index (κ1) is 10.9. The number of carbonyl (C=O) groups excluding carboxylic acids is 1. The summed E-state index contributed by atoms with van der Waals surface area (Å²) in [6.07, 6.45) is 2.84. The second kappa shape index (κ2) is 4.90. The molecular weight excluding hydrogens is 196 g/mol. The van der Waals surface area contributed by atoms with Gasteiger partial charge in [-0.3, -0.25) is 14.9 Å². The maximum Gasteiger partial charge on any atom is 0.270 e. The van der Waals surface area contributed by atoms with Crippen LogP contribution in [0.4, 0.5) is 5.69 Å². The minimum Gasteiger partial charge on any atom is -0.356 e. The molecule has 1 aromatic carbocycles. The maximum absolute atomic E-state index is 10.9.